The predicted molar refractivity (Wildman–Crippen MR) is 53.8 cm³/mol. The van der Waals surface area contributed by atoms with E-state index < -0.39 is 0 Å². The van der Waals surface area contributed by atoms with Crippen LogP contribution in [0.4, 0.5) is 0 Å². The molecule has 0 atom stereocenters. The van der Waals surface area contributed by atoms with Crippen LogP contribution >= 0.6 is 0 Å². The molecule has 2 heteroatoms. The number of carbonyl (C=O) groups is 1. The summed E-state index contributed by atoms with van der Waals surface area (Å²) in [5, 5.41) is 0. The van der Waals surface area contributed by atoms with Gasteiger partial charge in [-0.15, -0.1) is 0 Å². The Kier molecular flexibility index (Phi) is 2.60. The highest BCUT2D eigenvalue weighted by molar-refractivity contribution is 5.98. The van der Waals surface area contributed by atoms with Gasteiger partial charge in [0.1, 0.15) is 0 Å². The average molecular weight is 179 g/mol. The van der Waals surface area contributed by atoms with E-state index in [1.165, 1.54) is 0 Å². The minimum Gasteiger partial charge on any atom is -0.348 e. The number of Topliss-reactive ketones (excluding diaryl/α,β-unsaturated/α-hetero) is 1. The molecule has 0 unspecified atom stereocenters. The maximum Gasteiger partial charge on any atom is 0.184 e. The standard InChI is InChI=1S/C11H17NO/c1-5-11(2,3)10(13)9-7-6-8-12(9)4/h6-8H,5H2,1-4H3. The fourth-order valence-corrected chi connectivity index (χ4v) is 1.20. The molecule has 0 aliphatic heterocycles. The molecule has 1 aromatic heterocycles. The summed E-state index contributed by atoms with van der Waals surface area (Å²) in [4.78, 5) is 12.0. The normalized spacial score (nSPS) is 11.7. The maximum absolute atomic E-state index is 12.0. The number of aromatic nitrogens is 1. The quantitative estimate of drug-likeness (QED) is 0.654. The third kappa shape index (κ3) is 1.82. The molecule has 0 saturated carbocycles. The number of hydrogen-bond donors (Lipinski definition) is 0. The Balaban J connectivity index is 2.98. The fraction of sp³-hybridized carbons (Fsp3) is 0.545. The van der Waals surface area contributed by atoms with Gasteiger partial charge >= 0.3 is 0 Å². The number of rotatable bonds is 3. The highest BCUT2D eigenvalue weighted by atomic mass is 16.1. The Morgan fingerprint density at radius 3 is 2.54 bits per heavy atom. The smallest absolute Gasteiger partial charge is 0.184 e. The van der Waals surface area contributed by atoms with Crippen LogP contribution < -0.4 is 0 Å². The van der Waals surface area contributed by atoms with Crippen LogP contribution in [0, 0.1) is 5.41 Å². The highest BCUT2D eigenvalue weighted by Gasteiger charge is 2.27. The first-order valence-corrected chi connectivity index (χ1v) is 4.65. The lowest BCUT2D eigenvalue weighted by molar-refractivity contribution is 0.0824. The van der Waals surface area contributed by atoms with Crippen LogP contribution in [0.3, 0.4) is 0 Å². The van der Waals surface area contributed by atoms with Gasteiger partial charge in [0.15, 0.2) is 5.78 Å². The van der Waals surface area contributed by atoms with Gasteiger partial charge in [0.05, 0.1) is 5.69 Å². The summed E-state index contributed by atoms with van der Waals surface area (Å²) in [5.41, 5.74) is 0.554. The molecule has 0 bridgehead atoms. The highest BCUT2D eigenvalue weighted by Crippen LogP contribution is 2.25. The van der Waals surface area contributed by atoms with E-state index in [1.54, 1.807) is 0 Å². The molecule has 0 aliphatic carbocycles. The number of hydrogen-bond acceptors (Lipinski definition) is 1. The Hall–Kier alpha value is -1.05. The monoisotopic (exact) mass is 179 g/mol. The van der Waals surface area contributed by atoms with E-state index in [0.29, 0.717) is 0 Å². The molecule has 0 aromatic carbocycles. The molecule has 0 fully saturated rings. The van der Waals surface area contributed by atoms with Gasteiger partial charge in [-0.3, -0.25) is 4.79 Å². The van der Waals surface area contributed by atoms with Gasteiger partial charge in [-0.05, 0) is 18.6 Å². The molecule has 0 spiro atoms. The lowest BCUT2D eigenvalue weighted by Gasteiger charge is -2.20. The van der Waals surface area contributed by atoms with Crippen molar-refractivity contribution < 1.29 is 4.79 Å². The number of carbonyl (C=O) groups excluding carboxylic acids is 1. The van der Waals surface area contributed by atoms with Crippen LogP contribution in [0.5, 0.6) is 0 Å². The van der Waals surface area contributed by atoms with E-state index in [4.69, 9.17) is 0 Å². The van der Waals surface area contributed by atoms with Crippen LogP contribution in [0.15, 0.2) is 18.3 Å². The van der Waals surface area contributed by atoms with Gasteiger partial charge in [-0.1, -0.05) is 20.8 Å². The zero-order valence-electron chi connectivity index (χ0n) is 8.79. The van der Waals surface area contributed by atoms with Gasteiger partial charge in [-0.2, -0.15) is 0 Å². The molecule has 1 rings (SSSR count). The zero-order chi connectivity index (χ0) is 10.1. The van der Waals surface area contributed by atoms with Crippen molar-refractivity contribution >= 4 is 5.78 Å². The van der Waals surface area contributed by atoms with Crippen molar-refractivity contribution in [1.82, 2.24) is 4.57 Å². The van der Waals surface area contributed by atoms with Crippen LogP contribution in [0.2, 0.25) is 0 Å². The summed E-state index contributed by atoms with van der Waals surface area (Å²) in [6, 6.07) is 3.78. The summed E-state index contributed by atoms with van der Waals surface area (Å²) < 4.78 is 1.87. The second-order valence-electron chi connectivity index (χ2n) is 4.07. The van der Waals surface area contributed by atoms with Crippen molar-refractivity contribution in [3.8, 4) is 0 Å². The van der Waals surface area contributed by atoms with Crippen LogP contribution in [0.1, 0.15) is 37.7 Å². The predicted octanol–water partition coefficient (Wildman–Crippen LogP) is 2.64. The van der Waals surface area contributed by atoms with Gasteiger partial charge in [-0.25, -0.2) is 0 Å². The van der Waals surface area contributed by atoms with Crippen LogP contribution in [-0.4, -0.2) is 10.4 Å². The molecule has 1 aromatic rings. The van der Waals surface area contributed by atoms with Gasteiger partial charge in [0.2, 0.25) is 0 Å². The largest absolute Gasteiger partial charge is 0.348 e. The molecular weight excluding hydrogens is 162 g/mol. The number of ketones is 1. The Labute approximate surface area is 79.6 Å². The molecule has 13 heavy (non-hydrogen) atoms. The van der Waals surface area contributed by atoms with Gasteiger partial charge in [0, 0.05) is 18.7 Å². The first-order valence-electron chi connectivity index (χ1n) is 4.65. The molecule has 0 saturated heterocycles. The van der Waals surface area contributed by atoms with Crippen molar-refractivity contribution in [1.29, 1.82) is 0 Å². The number of nitrogens with zero attached hydrogens (tertiary/aromatic N) is 1. The second kappa shape index (κ2) is 3.36. The molecule has 2 nitrogen and oxygen atoms in total. The molecular formula is C11H17NO. The topological polar surface area (TPSA) is 22.0 Å². The Bertz CT molecular complexity index is 310. The molecule has 0 aliphatic rings. The van der Waals surface area contributed by atoms with Crippen LogP contribution in [-0.2, 0) is 7.05 Å². The third-order valence-electron chi connectivity index (χ3n) is 2.67. The SMILES string of the molecule is CCC(C)(C)C(=O)c1cccn1C. The van der Waals surface area contributed by atoms with E-state index in [2.05, 4.69) is 0 Å². The van der Waals surface area contributed by atoms with E-state index in [-0.39, 0.29) is 11.2 Å². The van der Waals surface area contributed by atoms with Gasteiger partial charge in [0.25, 0.3) is 0 Å². The van der Waals surface area contributed by atoms with Gasteiger partial charge < -0.3 is 4.57 Å². The molecule has 0 amide bonds. The first kappa shape index (κ1) is 10.0. The molecule has 1 heterocycles. The van der Waals surface area contributed by atoms with Crippen molar-refractivity contribution in [2.45, 2.75) is 27.2 Å². The second-order valence-corrected chi connectivity index (χ2v) is 4.07. The summed E-state index contributed by atoms with van der Waals surface area (Å²) in [7, 11) is 1.90. The van der Waals surface area contributed by atoms with Crippen LogP contribution in [0.25, 0.3) is 0 Å². The summed E-state index contributed by atoms with van der Waals surface area (Å²) in [6.07, 6.45) is 2.77. The third-order valence-corrected chi connectivity index (χ3v) is 2.67. The lowest BCUT2D eigenvalue weighted by atomic mass is 9.84. The van der Waals surface area contributed by atoms with E-state index in [9.17, 15) is 4.79 Å². The number of aryl methyl sites for hydroxylation is 1. The van der Waals surface area contributed by atoms with E-state index in [0.717, 1.165) is 12.1 Å². The van der Waals surface area contributed by atoms with Crippen molar-refractivity contribution in [3.05, 3.63) is 24.0 Å². The first-order chi connectivity index (χ1) is 5.99. The minimum absolute atomic E-state index is 0.225. The van der Waals surface area contributed by atoms with Crippen molar-refractivity contribution in [3.63, 3.8) is 0 Å². The average Bonchev–Trinajstić information content (AvgIpc) is 2.50. The van der Waals surface area contributed by atoms with Crippen molar-refractivity contribution in [2.24, 2.45) is 12.5 Å². The molecule has 0 radical (unpaired) electrons. The molecule has 72 valence electrons. The summed E-state index contributed by atoms with van der Waals surface area (Å²) >= 11 is 0. The minimum atomic E-state index is -0.244. The zero-order valence-corrected chi connectivity index (χ0v) is 8.79. The summed E-state index contributed by atoms with van der Waals surface area (Å²) in [6.45, 7) is 6.02. The lowest BCUT2D eigenvalue weighted by Crippen LogP contribution is -2.25. The molecule has 0 N–H and O–H groups in total. The van der Waals surface area contributed by atoms with E-state index >= 15 is 0 Å². The summed E-state index contributed by atoms with van der Waals surface area (Å²) in [5.74, 6) is 0.225. The van der Waals surface area contributed by atoms with Crippen molar-refractivity contribution in [2.75, 3.05) is 0 Å². The Morgan fingerprint density at radius 1 is 1.54 bits per heavy atom. The fourth-order valence-electron chi connectivity index (χ4n) is 1.20. The Morgan fingerprint density at radius 2 is 2.15 bits per heavy atom. The van der Waals surface area contributed by atoms with E-state index in [1.807, 2.05) is 50.7 Å². The maximum atomic E-state index is 12.0.